The van der Waals surface area contributed by atoms with Crippen LogP contribution in [0.3, 0.4) is 0 Å². The number of benzene rings is 1. The van der Waals surface area contributed by atoms with Gasteiger partial charge in [-0.1, -0.05) is 26.0 Å². The molecule has 134 valence electrons. The van der Waals surface area contributed by atoms with Gasteiger partial charge in [-0.05, 0) is 29.5 Å². The maximum atomic E-state index is 12.1. The van der Waals surface area contributed by atoms with Crippen molar-refractivity contribution in [1.29, 1.82) is 0 Å². The molecule has 1 N–H and O–H groups in total. The molecule has 0 bridgehead atoms. The molecular formula is C17H28N4O2S. The Morgan fingerprint density at radius 2 is 1.92 bits per heavy atom. The monoisotopic (exact) mass is 352 g/mol. The molecule has 0 aliphatic carbocycles. The number of hydrogen-bond acceptors (Lipinski definition) is 3. The van der Waals surface area contributed by atoms with Crippen LogP contribution in [0.15, 0.2) is 34.2 Å². The second-order valence-electron chi connectivity index (χ2n) is 7.17. The van der Waals surface area contributed by atoms with E-state index in [2.05, 4.69) is 29.1 Å². The highest BCUT2D eigenvalue weighted by Gasteiger charge is 2.30. The summed E-state index contributed by atoms with van der Waals surface area (Å²) in [4.78, 5) is 6.94. The van der Waals surface area contributed by atoms with E-state index in [1.807, 2.05) is 12.1 Å². The summed E-state index contributed by atoms with van der Waals surface area (Å²) in [6, 6.07) is 6.97. The van der Waals surface area contributed by atoms with Crippen molar-refractivity contribution in [3.63, 3.8) is 0 Å². The van der Waals surface area contributed by atoms with Gasteiger partial charge in [-0.25, -0.2) is 12.7 Å². The van der Waals surface area contributed by atoms with E-state index in [1.165, 1.54) is 18.4 Å². The lowest BCUT2D eigenvalue weighted by Crippen LogP contribution is -2.40. The average molecular weight is 353 g/mol. The minimum Gasteiger partial charge on any atom is -0.352 e. The number of hydrogen-bond donors (Lipinski definition) is 1. The van der Waals surface area contributed by atoms with Gasteiger partial charge in [0.1, 0.15) is 0 Å². The summed E-state index contributed by atoms with van der Waals surface area (Å²) in [6.07, 6.45) is 1.16. The van der Waals surface area contributed by atoms with Crippen molar-refractivity contribution in [3.8, 4) is 0 Å². The summed E-state index contributed by atoms with van der Waals surface area (Å²) in [5.74, 6) is 0.894. The number of sulfonamides is 1. The maximum absolute atomic E-state index is 12.1. The molecule has 0 unspecified atom stereocenters. The van der Waals surface area contributed by atoms with Gasteiger partial charge in [0, 0.05) is 40.8 Å². The summed E-state index contributed by atoms with van der Waals surface area (Å²) in [7, 11) is 1.49. The SMILES string of the molecule is CN=C(NCc1ccc(S(=O)(=O)N(C)C)cc1)N1CCC(C)(C)C1. The number of guanidine groups is 1. The van der Waals surface area contributed by atoms with E-state index in [9.17, 15) is 8.42 Å². The molecule has 1 fully saturated rings. The lowest BCUT2D eigenvalue weighted by atomic mass is 9.93. The number of aliphatic imine (C=N–C) groups is 1. The van der Waals surface area contributed by atoms with Crippen molar-refractivity contribution in [2.75, 3.05) is 34.2 Å². The van der Waals surface area contributed by atoms with Crippen LogP contribution in [0.5, 0.6) is 0 Å². The van der Waals surface area contributed by atoms with Crippen molar-refractivity contribution in [1.82, 2.24) is 14.5 Å². The van der Waals surface area contributed by atoms with E-state index in [4.69, 9.17) is 0 Å². The van der Waals surface area contributed by atoms with Crippen molar-refractivity contribution in [3.05, 3.63) is 29.8 Å². The minimum atomic E-state index is -3.37. The molecule has 0 radical (unpaired) electrons. The van der Waals surface area contributed by atoms with Gasteiger partial charge in [0.25, 0.3) is 0 Å². The van der Waals surface area contributed by atoms with Crippen LogP contribution >= 0.6 is 0 Å². The molecule has 0 saturated carbocycles. The van der Waals surface area contributed by atoms with Crippen LogP contribution < -0.4 is 5.32 Å². The summed E-state index contributed by atoms with van der Waals surface area (Å²) in [5, 5.41) is 3.36. The van der Waals surface area contributed by atoms with E-state index < -0.39 is 10.0 Å². The molecule has 24 heavy (non-hydrogen) atoms. The first-order chi connectivity index (χ1) is 11.2. The van der Waals surface area contributed by atoms with Gasteiger partial charge in [-0.15, -0.1) is 0 Å². The number of nitrogens with zero attached hydrogens (tertiary/aromatic N) is 3. The zero-order valence-electron chi connectivity index (χ0n) is 15.2. The minimum absolute atomic E-state index is 0.307. The van der Waals surface area contributed by atoms with Crippen LogP contribution in [-0.2, 0) is 16.6 Å². The van der Waals surface area contributed by atoms with E-state index in [0.717, 1.165) is 31.0 Å². The third-order valence-corrected chi connectivity index (χ3v) is 6.17. The number of rotatable bonds is 4. The Kier molecular flexibility index (Phi) is 5.55. The van der Waals surface area contributed by atoms with Crippen LogP contribution in [-0.4, -0.2) is 57.8 Å². The Hall–Kier alpha value is -1.60. The van der Waals surface area contributed by atoms with Gasteiger partial charge in [0.15, 0.2) is 5.96 Å². The molecule has 2 rings (SSSR count). The second-order valence-corrected chi connectivity index (χ2v) is 9.32. The molecule has 1 saturated heterocycles. The lowest BCUT2D eigenvalue weighted by molar-refractivity contribution is 0.370. The van der Waals surface area contributed by atoms with Crippen molar-refractivity contribution < 1.29 is 8.42 Å². The van der Waals surface area contributed by atoms with Crippen LogP contribution in [0, 0.1) is 5.41 Å². The number of nitrogens with one attached hydrogen (secondary N) is 1. The van der Waals surface area contributed by atoms with Gasteiger partial charge >= 0.3 is 0 Å². The molecule has 1 heterocycles. The van der Waals surface area contributed by atoms with E-state index in [-0.39, 0.29) is 0 Å². The molecule has 1 aliphatic rings. The first kappa shape index (κ1) is 18.7. The van der Waals surface area contributed by atoms with Gasteiger partial charge < -0.3 is 10.2 Å². The van der Waals surface area contributed by atoms with E-state index >= 15 is 0 Å². The third-order valence-electron chi connectivity index (χ3n) is 4.34. The first-order valence-corrected chi connectivity index (χ1v) is 9.57. The molecular weight excluding hydrogens is 324 g/mol. The fourth-order valence-corrected chi connectivity index (χ4v) is 3.70. The molecule has 1 aliphatic heterocycles. The quantitative estimate of drug-likeness (QED) is 0.662. The Morgan fingerprint density at radius 3 is 2.38 bits per heavy atom. The van der Waals surface area contributed by atoms with Crippen LogP contribution in [0.2, 0.25) is 0 Å². The van der Waals surface area contributed by atoms with Crippen molar-refractivity contribution in [2.45, 2.75) is 31.7 Å². The molecule has 0 spiro atoms. The molecule has 6 nitrogen and oxygen atoms in total. The van der Waals surface area contributed by atoms with E-state index in [1.54, 1.807) is 19.2 Å². The van der Waals surface area contributed by atoms with Crippen LogP contribution in [0.4, 0.5) is 0 Å². The lowest BCUT2D eigenvalue weighted by Gasteiger charge is -2.23. The average Bonchev–Trinajstić information content (AvgIpc) is 2.88. The topological polar surface area (TPSA) is 65.0 Å². The molecule has 1 aromatic rings. The Balaban J connectivity index is 1.99. The normalized spacial score (nSPS) is 18.2. The largest absolute Gasteiger partial charge is 0.352 e. The fraction of sp³-hybridized carbons (Fsp3) is 0.588. The number of likely N-dealkylation sites (tertiary alicyclic amines) is 1. The summed E-state index contributed by atoms with van der Waals surface area (Å²) < 4.78 is 25.4. The summed E-state index contributed by atoms with van der Waals surface area (Å²) in [6.45, 7) is 7.15. The highest BCUT2D eigenvalue weighted by molar-refractivity contribution is 7.89. The smallest absolute Gasteiger partial charge is 0.242 e. The second kappa shape index (κ2) is 7.11. The Morgan fingerprint density at radius 1 is 1.29 bits per heavy atom. The van der Waals surface area contributed by atoms with Crippen molar-refractivity contribution in [2.24, 2.45) is 10.4 Å². The fourth-order valence-electron chi connectivity index (χ4n) is 2.80. The van der Waals surface area contributed by atoms with Gasteiger partial charge in [-0.2, -0.15) is 0 Å². The van der Waals surface area contributed by atoms with Gasteiger partial charge in [0.2, 0.25) is 10.0 Å². The predicted molar refractivity (Wildman–Crippen MR) is 97.5 cm³/mol. The Labute approximate surface area is 145 Å². The molecule has 7 heteroatoms. The Bertz CT molecular complexity index is 694. The van der Waals surface area contributed by atoms with E-state index in [0.29, 0.717) is 16.9 Å². The summed E-state index contributed by atoms with van der Waals surface area (Å²) >= 11 is 0. The first-order valence-electron chi connectivity index (χ1n) is 8.13. The third kappa shape index (κ3) is 4.27. The molecule has 0 atom stereocenters. The zero-order chi connectivity index (χ0) is 18.0. The van der Waals surface area contributed by atoms with Crippen LogP contribution in [0.1, 0.15) is 25.8 Å². The maximum Gasteiger partial charge on any atom is 0.242 e. The molecule has 0 aromatic heterocycles. The molecule has 1 aromatic carbocycles. The summed E-state index contributed by atoms with van der Waals surface area (Å²) in [5.41, 5.74) is 1.34. The predicted octanol–water partition coefficient (Wildman–Crippen LogP) is 1.74. The van der Waals surface area contributed by atoms with Crippen LogP contribution in [0.25, 0.3) is 0 Å². The zero-order valence-corrected chi connectivity index (χ0v) is 16.0. The standard InChI is InChI=1S/C17H28N4O2S/c1-17(2)10-11-21(13-17)16(18-3)19-12-14-6-8-15(9-7-14)24(22,23)20(4)5/h6-9H,10-13H2,1-5H3,(H,18,19). The highest BCUT2D eigenvalue weighted by Crippen LogP contribution is 2.28. The molecule has 0 amide bonds. The van der Waals surface area contributed by atoms with Gasteiger partial charge in [-0.3, -0.25) is 4.99 Å². The van der Waals surface area contributed by atoms with Crippen molar-refractivity contribution >= 4 is 16.0 Å². The highest BCUT2D eigenvalue weighted by atomic mass is 32.2. The van der Waals surface area contributed by atoms with Gasteiger partial charge in [0.05, 0.1) is 4.90 Å².